The summed E-state index contributed by atoms with van der Waals surface area (Å²) in [6.07, 6.45) is 44.4. The zero-order valence-corrected chi connectivity index (χ0v) is 59.7. The number of aliphatic hydroxyl groups excluding tert-OH is 1. The molecule has 0 fully saturated rings. The highest BCUT2D eigenvalue weighted by atomic mass is 31.2. The van der Waals surface area contributed by atoms with Crippen LogP contribution in [0.4, 0.5) is 0 Å². The smallest absolute Gasteiger partial charge is 0.462 e. The Labute approximate surface area is 543 Å². The van der Waals surface area contributed by atoms with Crippen LogP contribution < -0.4 is 0 Å². The SMILES string of the molecule is CCCCCCCCCCCCCC(=O)OC[C@H](COP(=O)(O)OC[C@H](O)COP(=O)(O)OC[C@@H](COC(=O)CCCCCCCCCCCC(C)C)OC(=O)CCCCCCCCCCCCCCC(C)C)OC(=O)CCCCCCCCCCC(C)C. The minimum atomic E-state index is -4.95. The third-order valence-electron chi connectivity index (χ3n) is 16.1. The van der Waals surface area contributed by atoms with Gasteiger partial charge in [-0.3, -0.25) is 37.3 Å². The molecule has 0 aromatic rings. The molecule has 0 amide bonds. The number of esters is 4. The Bertz CT molecular complexity index is 1750. The molecule has 3 N–H and O–H groups in total. The summed E-state index contributed by atoms with van der Waals surface area (Å²) in [4.78, 5) is 72.5. The number of ether oxygens (including phenoxy) is 4. The Kier molecular flexibility index (Phi) is 59.6. The van der Waals surface area contributed by atoms with E-state index < -0.39 is 97.5 Å². The minimum Gasteiger partial charge on any atom is -0.462 e. The molecule has 0 aliphatic rings. The summed E-state index contributed by atoms with van der Waals surface area (Å²) < 4.78 is 68.3. The van der Waals surface area contributed by atoms with Gasteiger partial charge in [-0.05, 0) is 43.4 Å². The monoisotopic (exact) mass is 1310 g/mol. The van der Waals surface area contributed by atoms with E-state index in [2.05, 4.69) is 48.5 Å². The molecule has 0 spiro atoms. The molecule has 19 heteroatoms. The Morgan fingerprint density at radius 3 is 0.764 bits per heavy atom. The van der Waals surface area contributed by atoms with Crippen molar-refractivity contribution >= 4 is 39.5 Å². The molecule has 5 atom stereocenters. The zero-order valence-electron chi connectivity index (χ0n) is 57.9. The summed E-state index contributed by atoms with van der Waals surface area (Å²) in [5.74, 6) is 0.112. The van der Waals surface area contributed by atoms with Crippen molar-refractivity contribution in [2.45, 2.75) is 369 Å². The van der Waals surface area contributed by atoms with Crippen molar-refractivity contribution in [1.82, 2.24) is 0 Å². The predicted molar refractivity (Wildman–Crippen MR) is 358 cm³/mol. The standard InChI is InChI=1S/C70H136O17P2/c1-8-9-10-11-12-13-16-22-30-37-44-51-67(72)80-58-66(87-70(75)54-47-40-33-26-25-29-36-43-50-63(6)7)60-85-89(78,79)83-56-64(71)55-82-88(76,77)84-59-65(57-81-68(73)52-45-38-31-24-19-21-28-35-42-49-62(4)5)86-69(74)53-46-39-32-23-18-15-14-17-20-27-34-41-48-61(2)3/h61-66,71H,8-60H2,1-7H3,(H,76,77)(H,78,79)/t64-,65-,66-/m1/s1. The first kappa shape index (κ1) is 87.1. The second-order valence-corrected chi connectivity index (χ2v) is 29.6. The van der Waals surface area contributed by atoms with Crippen molar-refractivity contribution < 1.29 is 80.2 Å². The van der Waals surface area contributed by atoms with Crippen molar-refractivity contribution in [3.63, 3.8) is 0 Å². The normalized spacial score (nSPS) is 14.2. The molecule has 0 radical (unpaired) electrons. The molecule has 0 saturated carbocycles. The molecule has 0 rings (SSSR count). The number of aliphatic hydroxyl groups is 1. The van der Waals surface area contributed by atoms with Crippen LogP contribution in [-0.4, -0.2) is 96.7 Å². The summed E-state index contributed by atoms with van der Waals surface area (Å²) >= 11 is 0. The van der Waals surface area contributed by atoms with Gasteiger partial charge in [0.1, 0.15) is 19.3 Å². The number of hydrogen-bond donors (Lipinski definition) is 3. The quantitative estimate of drug-likeness (QED) is 0.0222. The molecule has 17 nitrogen and oxygen atoms in total. The highest BCUT2D eigenvalue weighted by Gasteiger charge is 2.30. The van der Waals surface area contributed by atoms with Crippen LogP contribution in [0.1, 0.15) is 350 Å². The van der Waals surface area contributed by atoms with Crippen molar-refractivity contribution in [3.8, 4) is 0 Å². The van der Waals surface area contributed by atoms with Gasteiger partial charge >= 0.3 is 39.5 Å². The number of unbranched alkanes of at least 4 members (excludes halogenated alkanes) is 36. The lowest BCUT2D eigenvalue weighted by molar-refractivity contribution is -0.161. The fourth-order valence-electron chi connectivity index (χ4n) is 10.5. The summed E-state index contributed by atoms with van der Waals surface area (Å²) in [6, 6.07) is 0. The fraction of sp³-hybridized carbons (Fsp3) is 0.943. The van der Waals surface area contributed by atoms with Gasteiger partial charge in [-0.1, -0.05) is 299 Å². The van der Waals surface area contributed by atoms with Crippen LogP contribution in [0.5, 0.6) is 0 Å². The van der Waals surface area contributed by atoms with E-state index in [4.69, 9.17) is 37.0 Å². The molecule has 0 heterocycles. The molecular formula is C70H136O17P2. The highest BCUT2D eigenvalue weighted by Crippen LogP contribution is 2.45. The van der Waals surface area contributed by atoms with E-state index in [9.17, 15) is 43.2 Å². The maximum atomic E-state index is 13.0. The lowest BCUT2D eigenvalue weighted by atomic mass is 10.0. The van der Waals surface area contributed by atoms with E-state index >= 15 is 0 Å². The molecule has 0 bridgehead atoms. The number of carbonyl (C=O) groups is 4. The highest BCUT2D eigenvalue weighted by molar-refractivity contribution is 7.47. The Morgan fingerprint density at radius 2 is 0.517 bits per heavy atom. The van der Waals surface area contributed by atoms with Gasteiger partial charge in [-0.25, -0.2) is 9.13 Å². The maximum absolute atomic E-state index is 13.0. The summed E-state index contributed by atoms with van der Waals surface area (Å²) in [6.45, 7) is 11.8. The van der Waals surface area contributed by atoms with Crippen LogP contribution in [0.25, 0.3) is 0 Å². The molecule has 89 heavy (non-hydrogen) atoms. The van der Waals surface area contributed by atoms with Crippen molar-refractivity contribution in [3.05, 3.63) is 0 Å². The maximum Gasteiger partial charge on any atom is 0.472 e. The lowest BCUT2D eigenvalue weighted by Gasteiger charge is -2.21. The molecule has 0 aliphatic heterocycles. The lowest BCUT2D eigenvalue weighted by Crippen LogP contribution is -2.30. The van der Waals surface area contributed by atoms with Gasteiger partial charge in [-0.2, -0.15) is 0 Å². The molecule has 0 aromatic carbocycles. The third-order valence-corrected chi connectivity index (χ3v) is 18.0. The van der Waals surface area contributed by atoms with Crippen molar-refractivity contribution in [2.24, 2.45) is 17.8 Å². The second-order valence-electron chi connectivity index (χ2n) is 26.7. The molecular weight excluding hydrogens is 1170 g/mol. The second kappa shape index (κ2) is 61.0. The molecule has 528 valence electrons. The predicted octanol–water partition coefficient (Wildman–Crippen LogP) is 19.8. The van der Waals surface area contributed by atoms with Gasteiger partial charge in [0.2, 0.25) is 0 Å². The largest absolute Gasteiger partial charge is 0.472 e. The summed E-state index contributed by atoms with van der Waals surface area (Å²) in [5, 5.41) is 10.6. The van der Waals surface area contributed by atoms with E-state index in [-0.39, 0.29) is 25.7 Å². The van der Waals surface area contributed by atoms with Crippen LogP contribution >= 0.6 is 15.6 Å². The first-order valence-corrected chi connectivity index (χ1v) is 39.3. The van der Waals surface area contributed by atoms with E-state index in [1.807, 2.05) is 0 Å². The number of phosphoric ester groups is 2. The van der Waals surface area contributed by atoms with Crippen molar-refractivity contribution in [1.29, 1.82) is 0 Å². The summed E-state index contributed by atoms with van der Waals surface area (Å²) in [7, 11) is -9.90. The number of hydrogen-bond acceptors (Lipinski definition) is 15. The van der Waals surface area contributed by atoms with Gasteiger partial charge in [0, 0.05) is 25.7 Å². The number of carbonyl (C=O) groups excluding carboxylic acids is 4. The van der Waals surface area contributed by atoms with Gasteiger partial charge in [0.15, 0.2) is 12.2 Å². The van der Waals surface area contributed by atoms with Crippen LogP contribution in [0.2, 0.25) is 0 Å². The molecule has 2 unspecified atom stereocenters. The molecule has 0 aromatic heterocycles. The Balaban J connectivity index is 5.25. The van der Waals surface area contributed by atoms with Crippen molar-refractivity contribution in [2.75, 3.05) is 39.6 Å². The number of phosphoric acid groups is 2. The molecule has 0 aliphatic carbocycles. The fourth-order valence-corrected chi connectivity index (χ4v) is 12.1. The number of rotatable bonds is 68. The van der Waals surface area contributed by atoms with Gasteiger partial charge < -0.3 is 33.8 Å². The van der Waals surface area contributed by atoms with E-state index in [1.54, 1.807) is 0 Å². The van der Waals surface area contributed by atoms with E-state index in [0.29, 0.717) is 25.7 Å². The first-order valence-electron chi connectivity index (χ1n) is 36.3. The first-order chi connectivity index (χ1) is 42.7. The Morgan fingerprint density at radius 1 is 0.303 bits per heavy atom. The Hall–Kier alpha value is -1.94. The minimum absolute atomic E-state index is 0.104. The van der Waals surface area contributed by atoms with Gasteiger partial charge in [-0.15, -0.1) is 0 Å². The van der Waals surface area contributed by atoms with E-state index in [0.717, 1.165) is 108 Å². The van der Waals surface area contributed by atoms with Gasteiger partial charge in [0.05, 0.1) is 26.4 Å². The topological polar surface area (TPSA) is 237 Å². The van der Waals surface area contributed by atoms with Gasteiger partial charge in [0.25, 0.3) is 0 Å². The molecule has 0 saturated heterocycles. The van der Waals surface area contributed by atoms with Crippen LogP contribution in [0.15, 0.2) is 0 Å². The van der Waals surface area contributed by atoms with Crippen LogP contribution in [0, 0.1) is 17.8 Å². The third kappa shape index (κ3) is 64.6. The average Bonchev–Trinajstić information content (AvgIpc) is 3.50. The average molecular weight is 1310 g/mol. The van der Waals surface area contributed by atoms with Crippen LogP contribution in [0.3, 0.4) is 0 Å². The zero-order chi connectivity index (χ0) is 65.9. The van der Waals surface area contributed by atoms with E-state index in [1.165, 1.54) is 161 Å². The summed E-state index contributed by atoms with van der Waals surface area (Å²) in [5.41, 5.74) is 0. The van der Waals surface area contributed by atoms with Crippen LogP contribution in [-0.2, 0) is 65.4 Å².